The molecule has 2 bridgehead atoms. The van der Waals surface area contributed by atoms with E-state index in [2.05, 4.69) is 4.90 Å². The Morgan fingerprint density at radius 3 is 2.10 bits per heavy atom. The van der Waals surface area contributed by atoms with Crippen LogP contribution in [0.5, 0.6) is 5.75 Å². The van der Waals surface area contributed by atoms with Crippen LogP contribution < -0.4 is 0 Å². The lowest BCUT2D eigenvalue weighted by Gasteiger charge is -2.38. The van der Waals surface area contributed by atoms with Gasteiger partial charge in [-0.3, -0.25) is 9.69 Å². The summed E-state index contributed by atoms with van der Waals surface area (Å²) in [5.74, 6) is 0.168. The molecule has 0 saturated carbocycles. The molecule has 0 spiro atoms. The highest BCUT2D eigenvalue weighted by atomic mass is 19.4. The molecule has 1 amide bonds. The standard InChI is InChI=1S/C33H35F3N2O2/c1-3-37(4-2)32(40)23-14-12-22(13-15-23)31(24-9-7-10-29(39)20-24)26-18-27-16-17-28(19-26)38(27)21-25-8-5-6-11-30(25)33(34,35)36/h5-15,20,27-28,39H,3-4,16-19,21H2,1-2H3. The number of phenolic OH excluding ortho intramolecular Hbond substituents is 1. The fourth-order valence-electron chi connectivity index (χ4n) is 6.41. The number of carbonyl (C=O) groups excluding carboxylic acids is 1. The zero-order valence-electron chi connectivity index (χ0n) is 22.9. The van der Waals surface area contributed by atoms with Gasteiger partial charge >= 0.3 is 6.18 Å². The Labute approximate surface area is 233 Å². The molecule has 1 N–H and O–H groups in total. The normalized spacial score (nSPS) is 19.1. The molecule has 210 valence electrons. The Balaban J connectivity index is 1.48. The number of rotatable bonds is 7. The number of halogens is 3. The number of nitrogens with zero attached hydrogens (tertiary/aromatic N) is 2. The monoisotopic (exact) mass is 548 g/mol. The molecule has 3 aromatic carbocycles. The van der Waals surface area contributed by atoms with Crippen molar-refractivity contribution in [3.8, 4) is 5.75 Å². The average Bonchev–Trinajstić information content (AvgIpc) is 3.16. The third-order valence-corrected chi connectivity index (χ3v) is 8.37. The van der Waals surface area contributed by atoms with Crippen molar-refractivity contribution in [2.75, 3.05) is 13.1 Å². The lowest BCUT2D eigenvalue weighted by atomic mass is 9.85. The molecule has 7 heteroatoms. The highest BCUT2D eigenvalue weighted by Crippen LogP contribution is 2.44. The SMILES string of the molecule is CCN(CC)C(=O)c1ccc(C(=C2CC3CCC(C2)N3Cc2ccccc2C(F)(F)F)c2cccc(O)c2)cc1. The van der Waals surface area contributed by atoms with Crippen molar-refractivity contribution in [2.45, 2.75) is 64.3 Å². The summed E-state index contributed by atoms with van der Waals surface area (Å²) in [6, 6.07) is 21.0. The Morgan fingerprint density at radius 2 is 1.50 bits per heavy atom. The molecule has 5 rings (SSSR count). The van der Waals surface area contributed by atoms with Crippen molar-refractivity contribution in [3.63, 3.8) is 0 Å². The van der Waals surface area contributed by atoms with Crippen LogP contribution in [-0.2, 0) is 12.7 Å². The van der Waals surface area contributed by atoms with Crippen LogP contribution in [0.4, 0.5) is 13.2 Å². The second-order valence-corrected chi connectivity index (χ2v) is 10.7. The maximum Gasteiger partial charge on any atom is 0.416 e. The molecule has 0 radical (unpaired) electrons. The Hall–Kier alpha value is -3.58. The predicted molar refractivity (Wildman–Crippen MR) is 151 cm³/mol. The molecule has 40 heavy (non-hydrogen) atoms. The molecule has 0 aromatic heterocycles. The molecule has 2 atom stereocenters. The fourth-order valence-corrected chi connectivity index (χ4v) is 6.41. The summed E-state index contributed by atoms with van der Waals surface area (Å²) in [5.41, 5.74) is 4.52. The van der Waals surface area contributed by atoms with Gasteiger partial charge in [-0.25, -0.2) is 0 Å². The van der Waals surface area contributed by atoms with Gasteiger partial charge in [-0.2, -0.15) is 13.2 Å². The van der Waals surface area contributed by atoms with Gasteiger partial charge in [-0.1, -0.05) is 48.0 Å². The molecule has 4 nitrogen and oxygen atoms in total. The zero-order chi connectivity index (χ0) is 28.4. The summed E-state index contributed by atoms with van der Waals surface area (Å²) >= 11 is 0. The van der Waals surface area contributed by atoms with Gasteiger partial charge in [0.15, 0.2) is 0 Å². The third-order valence-electron chi connectivity index (χ3n) is 8.37. The first kappa shape index (κ1) is 28.0. The second kappa shape index (κ2) is 11.5. The van der Waals surface area contributed by atoms with Crippen molar-refractivity contribution >= 4 is 11.5 Å². The van der Waals surface area contributed by atoms with E-state index in [0.717, 1.165) is 42.4 Å². The van der Waals surface area contributed by atoms with Crippen LogP contribution in [0, 0.1) is 0 Å². The number of alkyl halides is 3. The van der Waals surface area contributed by atoms with Crippen LogP contribution in [0.1, 0.15) is 72.1 Å². The number of aromatic hydroxyl groups is 1. The van der Waals surface area contributed by atoms with Crippen LogP contribution in [0.15, 0.2) is 78.4 Å². The van der Waals surface area contributed by atoms with E-state index < -0.39 is 11.7 Å². The van der Waals surface area contributed by atoms with Gasteiger partial charge in [0.2, 0.25) is 0 Å². The minimum atomic E-state index is -4.38. The number of carbonyl (C=O) groups is 1. The lowest BCUT2D eigenvalue weighted by Crippen LogP contribution is -2.40. The van der Waals surface area contributed by atoms with E-state index in [9.17, 15) is 23.1 Å². The molecule has 2 unspecified atom stereocenters. The predicted octanol–water partition coefficient (Wildman–Crippen LogP) is 7.52. The van der Waals surface area contributed by atoms with Gasteiger partial charge in [0.25, 0.3) is 5.91 Å². The quantitative estimate of drug-likeness (QED) is 0.332. The van der Waals surface area contributed by atoms with Gasteiger partial charge < -0.3 is 10.0 Å². The first-order chi connectivity index (χ1) is 19.2. The third kappa shape index (κ3) is 5.66. The molecular weight excluding hydrogens is 513 g/mol. The van der Waals surface area contributed by atoms with Gasteiger partial charge in [-0.15, -0.1) is 0 Å². The van der Waals surface area contributed by atoms with Crippen molar-refractivity contribution in [3.05, 3.63) is 106 Å². The average molecular weight is 549 g/mol. The number of hydrogen-bond donors (Lipinski definition) is 1. The second-order valence-electron chi connectivity index (χ2n) is 10.7. The van der Waals surface area contributed by atoms with Gasteiger partial charge in [-0.05, 0) is 92.1 Å². The first-order valence-electron chi connectivity index (χ1n) is 14.0. The Kier molecular flexibility index (Phi) is 8.04. The number of amides is 1. The van der Waals surface area contributed by atoms with E-state index in [1.807, 2.05) is 50.2 Å². The number of hydrogen-bond acceptors (Lipinski definition) is 3. The topological polar surface area (TPSA) is 43.8 Å². The minimum Gasteiger partial charge on any atom is -0.508 e. The Morgan fingerprint density at radius 1 is 0.875 bits per heavy atom. The molecule has 2 saturated heterocycles. The summed E-state index contributed by atoms with van der Waals surface area (Å²) in [6.07, 6.45) is -1.01. The molecule has 2 fully saturated rings. The minimum absolute atomic E-state index is 0.00593. The molecular formula is C33H35F3N2O2. The largest absolute Gasteiger partial charge is 0.508 e. The van der Waals surface area contributed by atoms with Gasteiger partial charge in [0.05, 0.1) is 5.56 Å². The summed E-state index contributed by atoms with van der Waals surface area (Å²) in [4.78, 5) is 16.9. The highest BCUT2D eigenvalue weighted by molar-refractivity contribution is 5.95. The van der Waals surface area contributed by atoms with Crippen LogP contribution in [0.2, 0.25) is 0 Å². The zero-order valence-corrected chi connectivity index (χ0v) is 22.9. The molecule has 0 aliphatic carbocycles. The molecule has 3 aromatic rings. The Bertz CT molecular complexity index is 1380. The van der Waals surface area contributed by atoms with E-state index in [1.54, 1.807) is 29.2 Å². The van der Waals surface area contributed by atoms with Gasteiger partial charge in [0, 0.05) is 37.3 Å². The molecule has 2 aliphatic rings. The van der Waals surface area contributed by atoms with E-state index in [0.29, 0.717) is 24.2 Å². The van der Waals surface area contributed by atoms with Gasteiger partial charge in [0.1, 0.15) is 5.75 Å². The first-order valence-corrected chi connectivity index (χ1v) is 14.0. The van der Waals surface area contributed by atoms with Crippen molar-refractivity contribution in [2.24, 2.45) is 0 Å². The molecule has 2 aliphatic heterocycles. The van der Waals surface area contributed by atoms with Crippen LogP contribution in [0.25, 0.3) is 5.57 Å². The van der Waals surface area contributed by atoms with E-state index >= 15 is 0 Å². The van der Waals surface area contributed by atoms with Crippen LogP contribution >= 0.6 is 0 Å². The van der Waals surface area contributed by atoms with Crippen molar-refractivity contribution < 1.29 is 23.1 Å². The fraction of sp³-hybridized carbons (Fsp3) is 0.364. The smallest absolute Gasteiger partial charge is 0.416 e. The summed E-state index contributed by atoms with van der Waals surface area (Å²) in [5, 5.41) is 10.3. The molecule has 2 heterocycles. The number of benzene rings is 3. The van der Waals surface area contributed by atoms with Crippen LogP contribution in [-0.4, -0.2) is 46.0 Å². The van der Waals surface area contributed by atoms with Crippen molar-refractivity contribution in [1.29, 1.82) is 0 Å². The van der Waals surface area contributed by atoms with Crippen LogP contribution in [0.3, 0.4) is 0 Å². The highest BCUT2D eigenvalue weighted by Gasteiger charge is 2.41. The summed E-state index contributed by atoms with van der Waals surface area (Å²) in [6.45, 7) is 5.48. The van der Waals surface area contributed by atoms with E-state index in [1.165, 1.54) is 17.7 Å². The van der Waals surface area contributed by atoms with E-state index in [4.69, 9.17) is 0 Å². The van der Waals surface area contributed by atoms with E-state index in [-0.39, 0.29) is 30.3 Å². The number of phenols is 1. The maximum absolute atomic E-state index is 13.7. The summed E-state index contributed by atoms with van der Waals surface area (Å²) in [7, 11) is 0. The number of fused-ring (bicyclic) bond motifs is 2. The van der Waals surface area contributed by atoms with Crippen molar-refractivity contribution in [1.82, 2.24) is 9.80 Å². The lowest BCUT2D eigenvalue weighted by molar-refractivity contribution is -0.138. The summed E-state index contributed by atoms with van der Waals surface area (Å²) < 4.78 is 41.0. The maximum atomic E-state index is 13.7. The number of piperidine rings is 1.